The van der Waals surface area contributed by atoms with Crippen LogP contribution in [0.15, 0.2) is 34.9 Å². The van der Waals surface area contributed by atoms with E-state index in [1.807, 2.05) is 10.9 Å². The van der Waals surface area contributed by atoms with Crippen LogP contribution in [0, 0.1) is 0 Å². The van der Waals surface area contributed by atoms with Gasteiger partial charge in [0, 0.05) is 19.2 Å². The number of benzene rings is 1. The highest BCUT2D eigenvalue weighted by Crippen LogP contribution is 2.18. The second-order valence-corrected chi connectivity index (χ2v) is 4.72. The number of aliphatic hydroxyl groups excluding tert-OH is 1. The fourth-order valence-corrected chi connectivity index (χ4v) is 2.15. The lowest BCUT2D eigenvalue weighted by Crippen LogP contribution is -1.98. The summed E-state index contributed by atoms with van der Waals surface area (Å²) < 4.78 is 2.76. The van der Waals surface area contributed by atoms with Crippen molar-refractivity contribution >= 4 is 15.9 Å². The maximum Gasteiger partial charge on any atom is 0.0793 e. The van der Waals surface area contributed by atoms with Crippen LogP contribution in [-0.4, -0.2) is 21.5 Å². The quantitative estimate of drug-likeness (QED) is 0.942. The summed E-state index contributed by atoms with van der Waals surface area (Å²) in [6, 6.07) is 8.33. The summed E-state index contributed by atoms with van der Waals surface area (Å²) in [6.45, 7) is 2.25. The number of aliphatic hydroxyl groups is 1. The standard InChI is InChI=1S/C13H15BrN2O/c1-2-10-3-5-11(6-4-10)16-9-12(14)13(15-16)7-8-17/h3-6,9,17H,2,7-8H2,1H3. The van der Waals surface area contributed by atoms with Crippen molar-refractivity contribution in [2.45, 2.75) is 19.8 Å². The third-order valence-corrected chi connectivity index (χ3v) is 3.36. The lowest BCUT2D eigenvalue weighted by Gasteiger charge is -2.02. The molecule has 0 unspecified atom stereocenters. The predicted molar refractivity (Wildman–Crippen MR) is 71.4 cm³/mol. The number of hydrogen-bond donors (Lipinski definition) is 1. The Labute approximate surface area is 109 Å². The van der Waals surface area contributed by atoms with Gasteiger partial charge in [0.05, 0.1) is 15.9 Å². The molecule has 0 radical (unpaired) electrons. The van der Waals surface area contributed by atoms with Crippen molar-refractivity contribution in [3.8, 4) is 5.69 Å². The van der Waals surface area contributed by atoms with Gasteiger partial charge in [-0.15, -0.1) is 0 Å². The summed E-state index contributed by atoms with van der Waals surface area (Å²) in [4.78, 5) is 0. The predicted octanol–water partition coefficient (Wildman–Crippen LogP) is 2.73. The molecule has 1 aromatic heterocycles. The Kier molecular flexibility index (Phi) is 3.97. The first kappa shape index (κ1) is 12.3. The summed E-state index contributed by atoms with van der Waals surface area (Å²) in [5, 5.41) is 13.4. The lowest BCUT2D eigenvalue weighted by atomic mass is 10.1. The second-order valence-electron chi connectivity index (χ2n) is 3.86. The van der Waals surface area contributed by atoms with Gasteiger partial charge in [0.1, 0.15) is 0 Å². The molecular weight excluding hydrogens is 280 g/mol. The van der Waals surface area contributed by atoms with Crippen LogP contribution in [-0.2, 0) is 12.8 Å². The van der Waals surface area contributed by atoms with Crippen molar-refractivity contribution in [2.24, 2.45) is 0 Å². The molecular formula is C13H15BrN2O. The number of hydrogen-bond acceptors (Lipinski definition) is 2. The van der Waals surface area contributed by atoms with Crippen LogP contribution in [0.5, 0.6) is 0 Å². The third-order valence-electron chi connectivity index (χ3n) is 2.70. The van der Waals surface area contributed by atoms with Gasteiger partial charge in [-0.05, 0) is 40.0 Å². The van der Waals surface area contributed by atoms with Gasteiger partial charge in [-0.1, -0.05) is 19.1 Å². The number of nitrogens with zero attached hydrogens (tertiary/aromatic N) is 2. The molecule has 90 valence electrons. The zero-order chi connectivity index (χ0) is 12.3. The first-order valence-corrected chi connectivity index (χ1v) is 6.48. The van der Waals surface area contributed by atoms with E-state index in [1.54, 1.807) is 0 Å². The highest BCUT2D eigenvalue weighted by Gasteiger charge is 2.06. The molecule has 0 fully saturated rings. The van der Waals surface area contributed by atoms with Gasteiger partial charge in [0.15, 0.2) is 0 Å². The molecule has 0 saturated carbocycles. The van der Waals surface area contributed by atoms with Crippen LogP contribution in [0.2, 0.25) is 0 Å². The molecule has 2 rings (SSSR count). The molecule has 0 spiro atoms. The SMILES string of the molecule is CCc1ccc(-n2cc(Br)c(CCO)n2)cc1. The Morgan fingerprint density at radius 1 is 1.29 bits per heavy atom. The van der Waals surface area contributed by atoms with E-state index in [-0.39, 0.29) is 6.61 Å². The van der Waals surface area contributed by atoms with Crippen molar-refractivity contribution < 1.29 is 5.11 Å². The van der Waals surface area contributed by atoms with Gasteiger partial charge in [-0.25, -0.2) is 4.68 Å². The Morgan fingerprint density at radius 2 is 2.00 bits per heavy atom. The fourth-order valence-electron chi connectivity index (χ4n) is 1.68. The maximum absolute atomic E-state index is 8.92. The summed E-state index contributed by atoms with van der Waals surface area (Å²) in [6.07, 6.45) is 3.53. The topological polar surface area (TPSA) is 38.0 Å². The van der Waals surface area contributed by atoms with Crippen LogP contribution in [0.25, 0.3) is 5.69 Å². The summed E-state index contributed by atoms with van der Waals surface area (Å²) in [7, 11) is 0. The molecule has 17 heavy (non-hydrogen) atoms. The van der Waals surface area contributed by atoms with Gasteiger partial charge in [-0.2, -0.15) is 5.10 Å². The van der Waals surface area contributed by atoms with Gasteiger partial charge in [-0.3, -0.25) is 0 Å². The monoisotopic (exact) mass is 294 g/mol. The Hall–Kier alpha value is -1.13. The number of aryl methyl sites for hydroxylation is 1. The molecule has 0 aliphatic carbocycles. The number of aromatic nitrogens is 2. The summed E-state index contributed by atoms with van der Waals surface area (Å²) >= 11 is 3.45. The highest BCUT2D eigenvalue weighted by molar-refractivity contribution is 9.10. The smallest absolute Gasteiger partial charge is 0.0793 e. The van der Waals surface area contributed by atoms with E-state index in [9.17, 15) is 0 Å². The normalized spacial score (nSPS) is 10.8. The number of rotatable bonds is 4. The molecule has 2 aromatic rings. The maximum atomic E-state index is 8.92. The van der Waals surface area contributed by atoms with E-state index < -0.39 is 0 Å². The largest absolute Gasteiger partial charge is 0.396 e. The second kappa shape index (κ2) is 5.47. The minimum absolute atomic E-state index is 0.115. The van der Waals surface area contributed by atoms with Crippen LogP contribution < -0.4 is 0 Å². The van der Waals surface area contributed by atoms with Crippen LogP contribution >= 0.6 is 15.9 Å². The van der Waals surface area contributed by atoms with Crippen molar-refractivity contribution in [3.05, 3.63) is 46.2 Å². The zero-order valence-corrected chi connectivity index (χ0v) is 11.3. The van der Waals surface area contributed by atoms with E-state index in [1.165, 1.54) is 5.56 Å². The molecule has 0 aliphatic rings. The molecule has 0 bridgehead atoms. The van der Waals surface area contributed by atoms with Crippen molar-refractivity contribution in [1.82, 2.24) is 9.78 Å². The highest BCUT2D eigenvalue weighted by atomic mass is 79.9. The molecule has 4 heteroatoms. The molecule has 0 amide bonds. The van der Waals surface area contributed by atoms with Gasteiger partial charge in [0.2, 0.25) is 0 Å². The Morgan fingerprint density at radius 3 is 2.59 bits per heavy atom. The van der Waals surface area contributed by atoms with E-state index in [4.69, 9.17) is 5.11 Å². The van der Waals surface area contributed by atoms with Gasteiger partial charge >= 0.3 is 0 Å². The van der Waals surface area contributed by atoms with E-state index in [0.29, 0.717) is 6.42 Å². The van der Waals surface area contributed by atoms with Crippen LogP contribution in [0.3, 0.4) is 0 Å². The van der Waals surface area contributed by atoms with Gasteiger partial charge in [0.25, 0.3) is 0 Å². The molecule has 0 aliphatic heterocycles. The van der Waals surface area contributed by atoms with Crippen LogP contribution in [0.4, 0.5) is 0 Å². The minimum atomic E-state index is 0.115. The minimum Gasteiger partial charge on any atom is -0.396 e. The Bertz CT molecular complexity index is 491. The number of halogens is 1. The average molecular weight is 295 g/mol. The molecule has 0 saturated heterocycles. The van der Waals surface area contributed by atoms with Crippen molar-refractivity contribution in [2.75, 3.05) is 6.61 Å². The molecule has 1 heterocycles. The third kappa shape index (κ3) is 2.76. The van der Waals surface area contributed by atoms with Gasteiger partial charge < -0.3 is 5.11 Å². The van der Waals surface area contributed by atoms with Crippen LogP contribution in [0.1, 0.15) is 18.2 Å². The summed E-state index contributed by atoms with van der Waals surface area (Å²) in [5.74, 6) is 0. The van der Waals surface area contributed by atoms with E-state index >= 15 is 0 Å². The van der Waals surface area contributed by atoms with E-state index in [0.717, 1.165) is 22.3 Å². The Balaban J connectivity index is 2.29. The van der Waals surface area contributed by atoms with Crippen molar-refractivity contribution in [3.63, 3.8) is 0 Å². The molecule has 1 aromatic carbocycles. The molecule has 0 atom stereocenters. The first-order valence-electron chi connectivity index (χ1n) is 5.68. The first-order chi connectivity index (χ1) is 8.24. The fraction of sp³-hybridized carbons (Fsp3) is 0.308. The average Bonchev–Trinajstić information content (AvgIpc) is 2.72. The lowest BCUT2D eigenvalue weighted by molar-refractivity contribution is 0.298. The molecule has 3 nitrogen and oxygen atoms in total. The zero-order valence-electron chi connectivity index (χ0n) is 9.73. The molecule has 1 N–H and O–H groups in total. The van der Waals surface area contributed by atoms with Crippen molar-refractivity contribution in [1.29, 1.82) is 0 Å². The summed E-state index contributed by atoms with van der Waals surface area (Å²) in [5.41, 5.74) is 3.23. The van der Waals surface area contributed by atoms with E-state index in [2.05, 4.69) is 52.2 Å².